The molecular weight excluding hydrogens is 316 g/mol. The van der Waals surface area contributed by atoms with Gasteiger partial charge in [-0.2, -0.15) is 0 Å². The molecule has 0 aliphatic heterocycles. The summed E-state index contributed by atoms with van der Waals surface area (Å²) in [4.78, 5) is 0. The summed E-state index contributed by atoms with van der Waals surface area (Å²) in [5.41, 5.74) is 3.89. The van der Waals surface area contributed by atoms with Crippen LogP contribution in [-0.2, 0) is 0 Å². The third kappa shape index (κ3) is 3.03. The Morgan fingerprint density at radius 2 is 1.81 bits per heavy atom. The maximum absolute atomic E-state index is 10.1. The summed E-state index contributed by atoms with van der Waals surface area (Å²) in [5, 5.41) is 10.1. The van der Waals surface area contributed by atoms with E-state index in [0.717, 1.165) is 36.5 Å². The second-order valence-electron chi connectivity index (χ2n) is 10.0. The van der Waals surface area contributed by atoms with Gasteiger partial charge < -0.3 is 5.11 Å². The molecule has 4 aliphatic rings. The second kappa shape index (κ2) is 7.46. The van der Waals surface area contributed by atoms with Crippen molar-refractivity contribution in [3.63, 3.8) is 0 Å². The molecule has 148 valence electrons. The second-order valence-corrected chi connectivity index (χ2v) is 10.0. The van der Waals surface area contributed by atoms with Crippen LogP contribution < -0.4 is 0 Å². The van der Waals surface area contributed by atoms with Gasteiger partial charge in [0.1, 0.15) is 0 Å². The zero-order valence-electron chi connectivity index (χ0n) is 18.0. The molecule has 0 amide bonds. The maximum atomic E-state index is 10.1. The minimum absolute atomic E-state index is 0.0859. The molecule has 3 saturated carbocycles. The summed E-state index contributed by atoms with van der Waals surface area (Å²) in [6.07, 6.45) is 13.9. The molecule has 0 bridgehead atoms. The van der Waals surface area contributed by atoms with Gasteiger partial charge in [-0.05, 0) is 92.8 Å². The van der Waals surface area contributed by atoms with E-state index in [0.29, 0.717) is 10.8 Å². The Bertz CT molecular complexity index is 561. The highest BCUT2D eigenvalue weighted by molar-refractivity contribution is 5.25. The first-order chi connectivity index (χ1) is 12.4. The molecule has 7 atom stereocenters. The van der Waals surface area contributed by atoms with Gasteiger partial charge in [0.2, 0.25) is 0 Å². The lowest BCUT2D eigenvalue weighted by Crippen LogP contribution is -2.54. The van der Waals surface area contributed by atoms with Crippen molar-refractivity contribution in [3.8, 4) is 0 Å². The van der Waals surface area contributed by atoms with Crippen LogP contribution in [0.15, 0.2) is 23.8 Å². The molecule has 7 unspecified atom stereocenters. The van der Waals surface area contributed by atoms with Crippen LogP contribution in [-0.4, -0.2) is 11.2 Å². The number of rotatable bonds is 1. The SMILES string of the molecule is C=C(C)C1CCCC2C3CC=C4CC(O)CCC4(C)C3CCC12C.CC. The van der Waals surface area contributed by atoms with Crippen LogP contribution in [0.5, 0.6) is 0 Å². The Morgan fingerprint density at radius 1 is 1.08 bits per heavy atom. The van der Waals surface area contributed by atoms with Gasteiger partial charge >= 0.3 is 0 Å². The Hall–Kier alpha value is -0.560. The van der Waals surface area contributed by atoms with Crippen molar-refractivity contribution in [3.05, 3.63) is 23.8 Å². The van der Waals surface area contributed by atoms with E-state index in [2.05, 4.69) is 33.4 Å². The zero-order chi connectivity index (χ0) is 19.1. The Morgan fingerprint density at radius 3 is 2.50 bits per heavy atom. The Kier molecular flexibility index (Phi) is 5.79. The molecule has 3 fully saturated rings. The molecule has 26 heavy (non-hydrogen) atoms. The first-order valence-electron chi connectivity index (χ1n) is 11.4. The highest BCUT2D eigenvalue weighted by Gasteiger charge is 2.57. The van der Waals surface area contributed by atoms with E-state index in [1.165, 1.54) is 50.5 Å². The highest BCUT2D eigenvalue weighted by Crippen LogP contribution is 2.65. The minimum atomic E-state index is -0.0859. The summed E-state index contributed by atoms with van der Waals surface area (Å²) in [7, 11) is 0. The van der Waals surface area contributed by atoms with E-state index in [9.17, 15) is 5.11 Å². The molecule has 0 radical (unpaired) electrons. The molecule has 0 saturated heterocycles. The van der Waals surface area contributed by atoms with Crippen molar-refractivity contribution in [2.75, 3.05) is 0 Å². The summed E-state index contributed by atoms with van der Waals surface area (Å²) in [6, 6.07) is 0. The number of fused-ring (bicyclic) bond motifs is 5. The Balaban J connectivity index is 0.000000948. The maximum Gasteiger partial charge on any atom is 0.0577 e. The number of aliphatic hydroxyl groups excluding tert-OH is 1. The van der Waals surface area contributed by atoms with Crippen LogP contribution in [0.4, 0.5) is 0 Å². The highest BCUT2D eigenvalue weighted by atomic mass is 16.3. The fraction of sp³-hybridized carbons (Fsp3) is 0.840. The number of hydrogen-bond acceptors (Lipinski definition) is 1. The molecule has 0 aromatic carbocycles. The topological polar surface area (TPSA) is 20.2 Å². The third-order valence-corrected chi connectivity index (χ3v) is 8.91. The third-order valence-electron chi connectivity index (χ3n) is 8.91. The molecular formula is C25H42O. The number of aliphatic hydroxyl groups is 1. The fourth-order valence-corrected chi connectivity index (χ4v) is 7.65. The first-order valence-corrected chi connectivity index (χ1v) is 11.4. The molecule has 1 N–H and O–H groups in total. The van der Waals surface area contributed by atoms with Gasteiger partial charge in [-0.25, -0.2) is 0 Å². The van der Waals surface area contributed by atoms with E-state index in [-0.39, 0.29) is 6.10 Å². The van der Waals surface area contributed by atoms with Crippen LogP contribution in [0.25, 0.3) is 0 Å². The van der Waals surface area contributed by atoms with E-state index in [4.69, 9.17) is 0 Å². The number of allylic oxidation sites excluding steroid dienone is 2. The molecule has 4 rings (SSSR count). The summed E-state index contributed by atoms with van der Waals surface area (Å²) < 4.78 is 0. The molecule has 1 heteroatoms. The molecule has 1 nitrogen and oxygen atoms in total. The minimum Gasteiger partial charge on any atom is -0.393 e. The van der Waals surface area contributed by atoms with Gasteiger partial charge in [-0.3, -0.25) is 0 Å². The number of hydrogen-bond donors (Lipinski definition) is 1. The van der Waals surface area contributed by atoms with Crippen LogP contribution in [0.2, 0.25) is 0 Å². The van der Waals surface area contributed by atoms with Crippen LogP contribution in [0.1, 0.15) is 92.4 Å². The van der Waals surface area contributed by atoms with Crippen LogP contribution in [0, 0.1) is 34.5 Å². The summed E-state index contributed by atoms with van der Waals surface area (Å²) in [6.45, 7) is 15.8. The fourth-order valence-electron chi connectivity index (χ4n) is 7.65. The van der Waals surface area contributed by atoms with Crippen LogP contribution in [0.3, 0.4) is 0 Å². The first kappa shape index (κ1) is 20.2. The average Bonchev–Trinajstić information content (AvgIpc) is 2.62. The smallest absolute Gasteiger partial charge is 0.0577 e. The molecule has 0 heterocycles. The normalized spacial score (nSPS) is 47.3. The molecule has 0 spiro atoms. The lowest BCUT2D eigenvalue weighted by molar-refractivity contribution is -0.0886. The quantitative estimate of drug-likeness (QED) is 0.504. The largest absolute Gasteiger partial charge is 0.393 e. The van der Waals surface area contributed by atoms with Crippen LogP contribution >= 0.6 is 0 Å². The molecule has 0 aromatic heterocycles. The van der Waals surface area contributed by atoms with E-state index in [1.807, 2.05) is 13.8 Å². The lowest BCUT2D eigenvalue weighted by atomic mass is 9.43. The van der Waals surface area contributed by atoms with Crippen molar-refractivity contribution in [1.82, 2.24) is 0 Å². The molecule has 0 aromatic rings. The van der Waals surface area contributed by atoms with Gasteiger partial charge in [0.25, 0.3) is 0 Å². The zero-order valence-corrected chi connectivity index (χ0v) is 18.0. The van der Waals surface area contributed by atoms with Crippen molar-refractivity contribution in [2.24, 2.45) is 34.5 Å². The predicted octanol–water partition coefficient (Wildman–Crippen LogP) is 6.92. The van der Waals surface area contributed by atoms with E-state index in [1.54, 1.807) is 5.57 Å². The van der Waals surface area contributed by atoms with Crippen molar-refractivity contribution < 1.29 is 5.11 Å². The van der Waals surface area contributed by atoms with Gasteiger partial charge in [-0.15, -0.1) is 0 Å². The van der Waals surface area contributed by atoms with E-state index < -0.39 is 0 Å². The van der Waals surface area contributed by atoms with Gasteiger partial charge in [-0.1, -0.05) is 57.9 Å². The van der Waals surface area contributed by atoms with Gasteiger partial charge in [0, 0.05) is 0 Å². The van der Waals surface area contributed by atoms with Gasteiger partial charge in [0.05, 0.1) is 6.10 Å². The Labute approximate surface area is 162 Å². The predicted molar refractivity (Wildman–Crippen MR) is 112 cm³/mol. The van der Waals surface area contributed by atoms with E-state index >= 15 is 0 Å². The van der Waals surface area contributed by atoms with Crippen molar-refractivity contribution in [2.45, 2.75) is 98.5 Å². The standard InChI is InChI=1S/C23H36O.C2H6/c1-15(2)19-6-5-7-20-18-9-8-16-14-17(24)10-12-22(16,3)21(18)11-13-23(19,20)4;1-2/h8,17-21,24H,1,5-7,9-14H2,2-4H3;1-2H3. The summed E-state index contributed by atoms with van der Waals surface area (Å²) >= 11 is 0. The van der Waals surface area contributed by atoms with Gasteiger partial charge in [0.15, 0.2) is 0 Å². The lowest BCUT2D eigenvalue weighted by Gasteiger charge is -2.62. The van der Waals surface area contributed by atoms with Crippen molar-refractivity contribution >= 4 is 0 Å². The average molecular weight is 359 g/mol. The summed E-state index contributed by atoms with van der Waals surface area (Å²) in [5.74, 6) is 3.35. The van der Waals surface area contributed by atoms with Crippen molar-refractivity contribution in [1.29, 1.82) is 0 Å². The monoisotopic (exact) mass is 358 g/mol. The molecule has 4 aliphatic carbocycles.